The fraction of sp³-hybridized carbons (Fsp3) is 0.275. The van der Waals surface area contributed by atoms with E-state index in [4.69, 9.17) is 16.7 Å². The lowest BCUT2D eigenvalue weighted by Gasteiger charge is -2.49. The molecule has 1 saturated carbocycles. The summed E-state index contributed by atoms with van der Waals surface area (Å²) in [6.45, 7) is 3.75. The van der Waals surface area contributed by atoms with Crippen LogP contribution in [0, 0.1) is 46.1 Å². The van der Waals surface area contributed by atoms with Crippen LogP contribution in [-0.4, -0.2) is 43.4 Å². The standard InChI is InChI=1S/C40H32ClN5O7S/c1-19-26-16-20(41)8-15-31(26)54-35(19)29-18-32(43(3)42-29)45-37(49)28-17-27-23(34(40(28,2)39(45)51)24-6-4-5-7-30(24)47)13-14-25-33(27)38(50)44(36(25)48)21-9-11-22(12-10-21)46(52)53/h4-13,15-16,18,25,27-28,33-34,47H,14,17H2,1-3H3/t25-,27+,28-,33-,34+,40+/m0/s1. The molecule has 4 aliphatic rings. The highest BCUT2D eigenvalue weighted by Crippen LogP contribution is 2.64. The van der Waals surface area contributed by atoms with Crippen LogP contribution in [0.5, 0.6) is 5.75 Å². The van der Waals surface area contributed by atoms with Gasteiger partial charge in [0.2, 0.25) is 23.6 Å². The number of halogens is 1. The second-order valence-electron chi connectivity index (χ2n) is 14.7. The number of non-ortho nitro benzene ring substituents is 1. The van der Waals surface area contributed by atoms with Crippen molar-refractivity contribution in [2.45, 2.75) is 32.6 Å². The smallest absolute Gasteiger partial charge is 0.269 e. The number of aromatic nitrogens is 2. The average molecular weight is 762 g/mol. The summed E-state index contributed by atoms with van der Waals surface area (Å²) < 4.78 is 2.55. The molecule has 9 rings (SSSR count). The number of phenols is 1. The predicted molar refractivity (Wildman–Crippen MR) is 202 cm³/mol. The number of imide groups is 2. The fourth-order valence-electron chi connectivity index (χ4n) is 9.50. The Balaban J connectivity index is 1.13. The number of fused-ring (bicyclic) bond motifs is 5. The van der Waals surface area contributed by atoms with Crippen molar-refractivity contribution in [2.24, 2.45) is 36.1 Å². The van der Waals surface area contributed by atoms with E-state index < -0.39 is 63.6 Å². The zero-order valence-electron chi connectivity index (χ0n) is 29.2. The summed E-state index contributed by atoms with van der Waals surface area (Å²) in [4.78, 5) is 72.0. The zero-order chi connectivity index (χ0) is 38.0. The first-order valence-corrected chi connectivity index (χ1v) is 18.7. The Morgan fingerprint density at radius 1 is 0.963 bits per heavy atom. The van der Waals surface area contributed by atoms with Gasteiger partial charge in [0.1, 0.15) is 17.3 Å². The summed E-state index contributed by atoms with van der Waals surface area (Å²) >= 11 is 7.84. The number of nitrogens with zero attached hydrogens (tertiary/aromatic N) is 5. The lowest BCUT2D eigenvalue weighted by atomic mass is 9.51. The largest absolute Gasteiger partial charge is 0.508 e. The van der Waals surface area contributed by atoms with Gasteiger partial charge in [-0.15, -0.1) is 11.3 Å². The first-order valence-electron chi connectivity index (χ1n) is 17.5. The molecule has 272 valence electrons. The number of hydrogen-bond donors (Lipinski definition) is 1. The molecule has 0 unspecified atom stereocenters. The van der Waals surface area contributed by atoms with Gasteiger partial charge in [-0.3, -0.25) is 38.9 Å². The first-order chi connectivity index (χ1) is 25.8. The number of hydrogen-bond acceptors (Lipinski definition) is 9. The van der Waals surface area contributed by atoms with Gasteiger partial charge in [-0.25, -0.2) is 4.90 Å². The molecule has 0 spiro atoms. The van der Waals surface area contributed by atoms with Crippen molar-refractivity contribution in [3.8, 4) is 16.3 Å². The Labute approximate surface area is 317 Å². The number of amides is 4. The minimum absolute atomic E-state index is 0.0469. The topological polar surface area (TPSA) is 156 Å². The maximum absolute atomic E-state index is 15.0. The number of carbonyl (C=O) groups excluding carboxylic acids is 4. The maximum Gasteiger partial charge on any atom is 0.269 e. The number of thiophene rings is 1. The number of aromatic hydroxyl groups is 1. The number of nitro groups is 1. The lowest BCUT2D eigenvalue weighted by Crippen LogP contribution is -2.49. The van der Waals surface area contributed by atoms with Gasteiger partial charge in [0.25, 0.3) is 5.69 Å². The quantitative estimate of drug-likeness (QED) is 0.0846. The van der Waals surface area contributed by atoms with Crippen LogP contribution in [0.4, 0.5) is 17.2 Å². The van der Waals surface area contributed by atoms with E-state index in [2.05, 4.69) is 0 Å². The van der Waals surface area contributed by atoms with Crippen LogP contribution in [0.15, 0.2) is 84.4 Å². The van der Waals surface area contributed by atoms with Crippen LogP contribution < -0.4 is 9.80 Å². The summed E-state index contributed by atoms with van der Waals surface area (Å²) in [5, 5.41) is 29.0. The van der Waals surface area contributed by atoms with Crippen molar-refractivity contribution in [3.05, 3.63) is 111 Å². The van der Waals surface area contributed by atoms with Crippen LogP contribution in [0.2, 0.25) is 5.02 Å². The summed E-state index contributed by atoms with van der Waals surface area (Å²) in [6.07, 6.45) is 2.25. The van der Waals surface area contributed by atoms with Crippen molar-refractivity contribution in [1.82, 2.24) is 9.78 Å². The molecule has 6 atom stereocenters. The van der Waals surface area contributed by atoms with Crippen molar-refractivity contribution in [1.29, 1.82) is 0 Å². The normalized spacial score (nSPS) is 26.3. The Bertz CT molecular complexity index is 2540. The third kappa shape index (κ3) is 4.64. The summed E-state index contributed by atoms with van der Waals surface area (Å²) in [5.74, 6) is -5.36. The molecule has 2 aromatic heterocycles. The van der Waals surface area contributed by atoms with E-state index in [1.807, 2.05) is 31.2 Å². The number of para-hydroxylation sites is 1. The SMILES string of the molecule is Cc1c(-c2cc(N3C(=O)[C@@H]4C[C@@H]5C(=CC[C@@H]6C(=O)N(c7ccc([N+](=O)[O-])cc7)C(=O)[C@@H]65)[C@H](c5ccccc5O)[C@]4(C)C3=O)n(C)n2)sc2ccc(Cl)cc12. The molecule has 1 N–H and O–H groups in total. The summed E-state index contributed by atoms with van der Waals surface area (Å²) in [7, 11) is 1.69. The molecule has 2 aliphatic heterocycles. The Kier molecular flexibility index (Phi) is 7.54. The third-order valence-electron chi connectivity index (χ3n) is 12.1. The predicted octanol–water partition coefficient (Wildman–Crippen LogP) is 7.31. The molecular weight excluding hydrogens is 730 g/mol. The van der Waals surface area contributed by atoms with Gasteiger partial charge in [-0.1, -0.05) is 41.4 Å². The van der Waals surface area contributed by atoms with Crippen LogP contribution in [0.1, 0.15) is 36.8 Å². The lowest BCUT2D eigenvalue weighted by molar-refractivity contribution is -0.384. The average Bonchev–Trinajstić information content (AvgIpc) is 3.82. The van der Waals surface area contributed by atoms with Crippen LogP contribution in [0.25, 0.3) is 20.7 Å². The summed E-state index contributed by atoms with van der Waals surface area (Å²) in [6, 6.07) is 19.4. The first kappa shape index (κ1) is 34.1. The van der Waals surface area contributed by atoms with Crippen LogP contribution >= 0.6 is 22.9 Å². The van der Waals surface area contributed by atoms with Gasteiger partial charge in [0.05, 0.1) is 38.7 Å². The van der Waals surface area contributed by atoms with E-state index in [-0.39, 0.29) is 30.0 Å². The molecule has 4 heterocycles. The molecule has 12 nitrogen and oxygen atoms in total. The third-order valence-corrected chi connectivity index (χ3v) is 13.6. The minimum Gasteiger partial charge on any atom is -0.508 e. The number of anilines is 2. The van der Waals surface area contributed by atoms with Crippen LogP contribution in [-0.2, 0) is 26.2 Å². The van der Waals surface area contributed by atoms with Gasteiger partial charge in [0.15, 0.2) is 0 Å². The maximum atomic E-state index is 15.0. The molecule has 54 heavy (non-hydrogen) atoms. The molecule has 2 saturated heterocycles. The molecule has 4 amide bonds. The second kappa shape index (κ2) is 11.9. The van der Waals surface area contributed by atoms with Crippen LogP contribution in [0.3, 0.4) is 0 Å². The van der Waals surface area contributed by atoms with Crippen molar-refractivity contribution < 1.29 is 29.2 Å². The molecule has 0 radical (unpaired) electrons. The number of rotatable bonds is 5. The number of benzene rings is 3. The molecule has 14 heteroatoms. The minimum atomic E-state index is -1.36. The molecule has 3 fully saturated rings. The van der Waals surface area contributed by atoms with E-state index in [1.54, 1.807) is 49.6 Å². The number of phenolic OH excluding ortho intramolecular Hbond substituents is 1. The molecule has 5 aromatic rings. The van der Waals surface area contributed by atoms with Gasteiger partial charge < -0.3 is 5.11 Å². The highest BCUT2D eigenvalue weighted by molar-refractivity contribution is 7.22. The van der Waals surface area contributed by atoms with Gasteiger partial charge >= 0.3 is 0 Å². The fourth-order valence-corrected chi connectivity index (χ4v) is 10.8. The second-order valence-corrected chi connectivity index (χ2v) is 16.2. The number of nitro benzene ring substituents is 1. The molecule has 2 aliphatic carbocycles. The van der Waals surface area contributed by atoms with Crippen molar-refractivity contribution in [3.63, 3.8) is 0 Å². The molecule has 3 aromatic carbocycles. The Morgan fingerprint density at radius 2 is 1.70 bits per heavy atom. The number of allylic oxidation sites excluding steroid dienone is 2. The van der Waals surface area contributed by atoms with Crippen molar-refractivity contribution >= 4 is 73.8 Å². The Hall–Kier alpha value is -5.66. The molecular formula is C40H32ClN5O7S. The Morgan fingerprint density at radius 3 is 2.43 bits per heavy atom. The summed E-state index contributed by atoms with van der Waals surface area (Å²) in [5.41, 5.74) is 1.46. The highest BCUT2D eigenvalue weighted by Gasteiger charge is 2.68. The van der Waals surface area contributed by atoms with E-state index in [1.165, 1.54) is 39.9 Å². The highest BCUT2D eigenvalue weighted by atomic mass is 35.5. The van der Waals surface area contributed by atoms with E-state index in [0.29, 0.717) is 22.1 Å². The number of carbonyl (C=O) groups is 4. The van der Waals surface area contributed by atoms with Crippen molar-refractivity contribution in [2.75, 3.05) is 9.80 Å². The monoisotopic (exact) mass is 761 g/mol. The van der Waals surface area contributed by atoms with Gasteiger partial charge in [-0.2, -0.15) is 5.10 Å². The van der Waals surface area contributed by atoms with E-state index in [9.17, 15) is 29.6 Å². The van der Waals surface area contributed by atoms with E-state index >= 15 is 4.79 Å². The number of aryl methyl sites for hydroxylation is 2. The van der Waals surface area contributed by atoms with E-state index in [0.717, 1.165) is 31.0 Å². The van der Waals surface area contributed by atoms with Gasteiger partial charge in [-0.05, 0) is 80.0 Å². The van der Waals surface area contributed by atoms with Gasteiger partial charge in [0, 0.05) is 46.5 Å². The molecule has 0 bridgehead atoms. The zero-order valence-corrected chi connectivity index (χ0v) is 30.8.